The lowest BCUT2D eigenvalue weighted by molar-refractivity contribution is 0.310. The van der Waals surface area contributed by atoms with Crippen molar-refractivity contribution in [3.8, 4) is 0 Å². The highest BCUT2D eigenvalue weighted by atomic mass is 15.0. The summed E-state index contributed by atoms with van der Waals surface area (Å²) in [6, 6.07) is 2.03. The smallest absolute Gasteiger partial charge is 0.0762 e. The van der Waals surface area contributed by atoms with E-state index in [9.17, 15) is 0 Å². The highest BCUT2D eigenvalue weighted by Gasteiger charge is 2.21. The predicted octanol–water partition coefficient (Wildman–Crippen LogP) is 2.97. The highest BCUT2D eigenvalue weighted by molar-refractivity contribution is 5.67. The number of aromatic nitrogens is 1. The standard InChI is InChI=1S/C13H21N3/c1-13(2,3)6-10-7-15-11-4-5-14-9-12(11)16-8-10/h4-5,9-10,15-16H,6-8H2,1-3H3. The zero-order chi connectivity index (χ0) is 11.6. The van der Waals surface area contributed by atoms with Crippen LogP contribution in [-0.2, 0) is 0 Å². The van der Waals surface area contributed by atoms with E-state index in [0.717, 1.165) is 18.8 Å². The summed E-state index contributed by atoms with van der Waals surface area (Å²) in [6.45, 7) is 8.97. The number of anilines is 2. The van der Waals surface area contributed by atoms with E-state index in [1.807, 2.05) is 18.5 Å². The van der Waals surface area contributed by atoms with Crippen LogP contribution in [0.3, 0.4) is 0 Å². The number of fused-ring (bicyclic) bond motifs is 1. The van der Waals surface area contributed by atoms with Gasteiger partial charge >= 0.3 is 0 Å². The molecule has 3 heteroatoms. The Labute approximate surface area is 97.7 Å². The Morgan fingerprint density at radius 3 is 2.62 bits per heavy atom. The molecule has 3 nitrogen and oxygen atoms in total. The van der Waals surface area contributed by atoms with Gasteiger partial charge in [0.25, 0.3) is 0 Å². The first-order chi connectivity index (χ1) is 7.54. The van der Waals surface area contributed by atoms with Gasteiger partial charge in [-0.1, -0.05) is 20.8 Å². The van der Waals surface area contributed by atoms with Crippen LogP contribution in [0.4, 0.5) is 11.4 Å². The van der Waals surface area contributed by atoms with Gasteiger partial charge in [0.2, 0.25) is 0 Å². The molecular weight excluding hydrogens is 198 g/mol. The first-order valence-electron chi connectivity index (χ1n) is 5.96. The topological polar surface area (TPSA) is 37.0 Å². The van der Waals surface area contributed by atoms with Crippen LogP contribution in [0.1, 0.15) is 27.2 Å². The van der Waals surface area contributed by atoms with Crippen LogP contribution in [0.2, 0.25) is 0 Å². The fraction of sp³-hybridized carbons (Fsp3) is 0.615. The van der Waals surface area contributed by atoms with Gasteiger partial charge in [0.1, 0.15) is 0 Å². The average molecular weight is 219 g/mol. The van der Waals surface area contributed by atoms with Crippen molar-refractivity contribution in [1.29, 1.82) is 0 Å². The number of pyridine rings is 1. The normalized spacial score (nSPS) is 20.3. The van der Waals surface area contributed by atoms with E-state index in [2.05, 4.69) is 36.4 Å². The second-order valence-electron chi connectivity index (χ2n) is 5.81. The van der Waals surface area contributed by atoms with Crippen LogP contribution in [0.25, 0.3) is 0 Å². The van der Waals surface area contributed by atoms with E-state index in [1.54, 1.807) is 0 Å². The average Bonchev–Trinajstić information content (AvgIpc) is 2.39. The Hall–Kier alpha value is -1.25. The minimum Gasteiger partial charge on any atom is -0.383 e. The molecule has 0 fully saturated rings. The van der Waals surface area contributed by atoms with Gasteiger partial charge in [0.05, 0.1) is 17.6 Å². The maximum absolute atomic E-state index is 4.14. The summed E-state index contributed by atoms with van der Waals surface area (Å²) >= 11 is 0. The van der Waals surface area contributed by atoms with Crippen LogP contribution in [0.5, 0.6) is 0 Å². The van der Waals surface area contributed by atoms with Crippen molar-refractivity contribution in [2.45, 2.75) is 27.2 Å². The first-order valence-corrected chi connectivity index (χ1v) is 5.96. The molecule has 0 bridgehead atoms. The minimum absolute atomic E-state index is 0.392. The molecule has 1 aromatic heterocycles. The van der Waals surface area contributed by atoms with Crippen molar-refractivity contribution >= 4 is 11.4 Å². The molecule has 1 unspecified atom stereocenters. The molecule has 1 aromatic rings. The van der Waals surface area contributed by atoms with E-state index in [-0.39, 0.29) is 0 Å². The van der Waals surface area contributed by atoms with Crippen molar-refractivity contribution in [3.63, 3.8) is 0 Å². The van der Waals surface area contributed by atoms with Crippen LogP contribution in [-0.4, -0.2) is 18.1 Å². The van der Waals surface area contributed by atoms with Crippen molar-refractivity contribution in [3.05, 3.63) is 18.5 Å². The van der Waals surface area contributed by atoms with E-state index in [1.165, 1.54) is 12.1 Å². The van der Waals surface area contributed by atoms with E-state index >= 15 is 0 Å². The number of rotatable bonds is 1. The van der Waals surface area contributed by atoms with Gasteiger partial charge in [-0.15, -0.1) is 0 Å². The Morgan fingerprint density at radius 1 is 1.25 bits per heavy atom. The molecule has 0 amide bonds. The molecule has 0 spiro atoms. The molecular formula is C13H21N3. The van der Waals surface area contributed by atoms with Crippen LogP contribution >= 0.6 is 0 Å². The largest absolute Gasteiger partial charge is 0.383 e. The van der Waals surface area contributed by atoms with Gasteiger partial charge in [0.15, 0.2) is 0 Å². The summed E-state index contributed by atoms with van der Waals surface area (Å²) in [5.41, 5.74) is 2.69. The van der Waals surface area contributed by atoms with Crippen LogP contribution < -0.4 is 10.6 Å². The second kappa shape index (κ2) is 4.32. The van der Waals surface area contributed by atoms with E-state index < -0.39 is 0 Å². The number of hydrogen-bond acceptors (Lipinski definition) is 3. The van der Waals surface area contributed by atoms with Gasteiger partial charge in [-0.3, -0.25) is 4.98 Å². The van der Waals surface area contributed by atoms with Crippen molar-refractivity contribution in [1.82, 2.24) is 4.98 Å². The molecule has 0 radical (unpaired) electrons. The fourth-order valence-electron chi connectivity index (χ4n) is 2.28. The second-order valence-corrected chi connectivity index (χ2v) is 5.81. The Bertz CT molecular complexity index is 327. The van der Waals surface area contributed by atoms with Gasteiger partial charge in [-0.05, 0) is 23.8 Å². The lowest BCUT2D eigenvalue weighted by Crippen LogP contribution is -2.24. The molecule has 16 heavy (non-hydrogen) atoms. The van der Waals surface area contributed by atoms with Crippen LogP contribution in [0, 0.1) is 11.3 Å². The first kappa shape index (κ1) is 11.2. The third-order valence-corrected chi connectivity index (χ3v) is 2.88. The molecule has 2 N–H and O–H groups in total. The summed E-state index contributed by atoms with van der Waals surface area (Å²) in [4.78, 5) is 4.14. The zero-order valence-electron chi connectivity index (χ0n) is 10.4. The molecule has 1 aliphatic rings. The van der Waals surface area contributed by atoms with Crippen LogP contribution in [0.15, 0.2) is 18.5 Å². The molecule has 0 saturated heterocycles. The summed E-state index contributed by atoms with van der Waals surface area (Å²) in [6.07, 6.45) is 4.95. The zero-order valence-corrected chi connectivity index (χ0v) is 10.4. The van der Waals surface area contributed by atoms with E-state index in [4.69, 9.17) is 0 Å². The summed E-state index contributed by atoms with van der Waals surface area (Å²) in [7, 11) is 0. The molecule has 88 valence electrons. The molecule has 0 aromatic carbocycles. The van der Waals surface area contributed by atoms with Gasteiger partial charge in [0, 0.05) is 19.3 Å². The molecule has 0 saturated carbocycles. The Kier molecular flexibility index (Phi) is 3.03. The number of nitrogens with one attached hydrogen (secondary N) is 2. The van der Waals surface area contributed by atoms with Gasteiger partial charge in [-0.2, -0.15) is 0 Å². The quantitative estimate of drug-likeness (QED) is 0.762. The number of nitrogens with zero attached hydrogens (tertiary/aromatic N) is 1. The monoisotopic (exact) mass is 219 g/mol. The summed E-state index contributed by atoms with van der Waals surface area (Å²) in [5.74, 6) is 0.674. The molecule has 2 rings (SSSR count). The highest BCUT2D eigenvalue weighted by Crippen LogP contribution is 2.29. The lowest BCUT2D eigenvalue weighted by atomic mass is 9.84. The summed E-state index contributed by atoms with van der Waals surface area (Å²) < 4.78 is 0. The third kappa shape index (κ3) is 2.87. The van der Waals surface area contributed by atoms with Crippen molar-refractivity contribution in [2.75, 3.05) is 23.7 Å². The lowest BCUT2D eigenvalue weighted by Gasteiger charge is -2.24. The molecule has 1 atom stereocenters. The van der Waals surface area contributed by atoms with Crippen molar-refractivity contribution in [2.24, 2.45) is 11.3 Å². The van der Waals surface area contributed by atoms with E-state index in [0.29, 0.717) is 11.3 Å². The molecule has 2 heterocycles. The van der Waals surface area contributed by atoms with Gasteiger partial charge < -0.3 is 10.6 Å². The number of hydrogen-bond donors (Lipinski definition) is 2. The summed E-state index contributed by atoms with van der Waals surface area (Å²) in [5, 5.41) is 6.97. The Balaban J connectivity index is 2.02. The Morgan fingerprint density at radius 2 is 1.94 bits per heavy atom. The minimum atomic E-state index is 0.392. The maximum Gasteiger partial charge on any atom is 0.0762 e. The third-order valence-electron chi connectivity index (χ3n) is 2.88. The molecule has 0 aliphatic carbocycles. The SMILES string of the molecule is CC(C)(C)CC1CNc2ccncc2NC1. The maximum atomic E-state index is 4.14. The fourth-order valence-corrected chi connectivity index (χ4v) is 2.28. The van der Waals surface area contributed by atoms with Gasteiger partial charge in [-0.25, -0.2) is 0 Å². The molecule has 1 aliphatic heterocycles. The predicted molar refractivity (Wildman–Crippen MR) is 68.8 cm³/mol. The van der Waals surface area contributed by atoms with Crippen molar-refractivity contribution < 1.29 is 0 Å².